The highest BCUT2D eigenvalue weighted by Gasteiger charge is 2.46. The van der Waals surface area contributed by atoms with Crippen LogP contribution < -0.4 is 14.2 Å². The molecule has 6 rings (SSSR count). The van der Waals surface area contributed by atoms with Crippen LogP contribution >= 0.6 is 0 Å². The zero-order valence-electron chi connectivity index (χ0n) is 17.2. The summed E-state index contributed by atoms with van der Waals surface area (Å²) in [5.41, 5.74) is 1.11. The van der Waals surface area contributed by atoms with Crippen molar-refractivity contribution < 1.29 is 27.8 Å². The van der Waals surface area contributed by atoms with Crippen molar-refractivity contribution in [1.29, 1.82) is 0 Å². The zero-order valence-corrected chi connectivity index (χ0v) is 17.2. The second kappa shape index (κ2) is 7.26. The van der Waals surface area contributed by atoms with E-state index in [0.717, 1.165) is 18.7 Å². The molecule has 2 saturated heterocycles. The molecule has 0 spiro atoms. The number of carbonyl (C=O) groups excluding carboxylic acids is 1. The highest BCUT2D eigenvalue weighted by Crippen LogP contribution is 2.44. The first-order valence-corrected chi connectivity index (χ1v) is 10.9. The molecule has 0 unspecified atom stereocenters. The maximum absolute atomic E-state index is 13.5. The van der Waals surface area contributed by atoms with Gasteiger partial charge in [-0.15, -0.1) is 8.78 Å². The van der Waals surface area contributed by atoms with Crippen LogP contribution in [0.4, 0.5) is 8.78 Å². The summed E-state index contributed by atoms with van der Waals surface area (Å²) in [6, 6.07) is 4.50. The molecular formula is C22H22F2N4O4. The molecule has 3 fully saturated rings. The minimum atomic E-state index is -3.76. The number of piperazine rings is 1. The first-order valence-electron chi connectivity index (χ1n) is 10.9. The van der Waals surface area contributed by atoms with Crippen LogP contribution in [0.3, 0.4) is 0 Å². The molecule has 4 heterocycles. The Kier molecular flexibility index (Phi) is 4.46. The van der Waals surface area contributed by atoms with E-state index in [-0.39, 0.29) is 35.1 Å². The Hall–Kier alpha value is -3.01. The molecule has 0 radical (unpaired) electrons. The molecule has 1 saturated carbocycles. The first-order chi connectivity index (χ1) is 15.4. The Bertz CT molecular complexity index is 1050. The monoisotopic (exact) mass is 444 g/mol. The van der Waals surface area contributed by atoms with Gasteiger partial charge in [0.25, 0.3) is 5.91 Å². The van der Waals surface area contributed by atoms with Crippen LogP contribution in [0, 0.1) is 0 Å². The highest BCUT2D eigenvalue weighted by molar-refractivity contribution is 5.98. The van der Waals surface area contributed by atoms with E-state index in [1.54, 1.807) is 17.3 Å². The Balaban J connectivity index is 1.10. The van der Waals surface area contributed by atoms with Crippen LogP contribution in [0.15, 0.2) is 30.6 Å². The number of fused-ring (bicyclic) bond motifs is 2. The third-order valence-electron chi connectivity index (χ3n) is 6.46. The summed E-state index contributed by atoms with van der Waals surface area (Å²) < 4.78 is 42.1. The Morgan fingerprint density at radius 2 is 2.00 bits per heavy atom. The number of nitrogens with zero attached hydrogens (tertiary/aromatic N) is 4. The predicted molar refractivity (Wildman–Crippen MR) is 107 cm³/mol. The molecule has 1 aliphatic carbocycles. The van der Waals surface area contributed by atoms with Crippen molar-refractivity contribution in [2.45, 2.75) is 43.6 Å². The number of hydrogen-bond acceptors (Lipinski definition) is 7. The number of alkyl halides is 2. The number of aromatic nitrogens is 2. The van der Waals surface area contributed by atoms with Gasteiger partial charge in [-0.3, -0.25) is 14.7 Å². The number of halogens is 2. The molecule has 3 aliphatic heterocycles. The highest BCUT2D eigenvalue weighted by atomic mass is 19.3. The molecule has 1 aromatic heterocycles. The maximum Gasteiger partial charge on any atom is 0.586 e. The van der Waals surface area contributed by atoms with E-state index < -0.39 is 6.29 Å². The van der Waals surface area contributed by atoms with Gasteiger partial charge in [-0.2, -0.15) is 0 Å². The summed E-state index contributed by atoms with van der Waals surface area (Å²) in [5, 5.41) is 0. The molecule has 8 nitrogen and oxygen atoms in total. The van der Waals surface area contributed by atoms with E-state index in [1.807, 2.05) is 0 Å². The van der Waals surface area contributed by atoms with Gasteiger partial charge in [0, 0.05) is 44.6 Å². The lowest BCUT2D eigenvalue weighted by Crippen LogP contribution is -2.52. The molecule has 10 heteroatoms. The molecule has 0 bridgehead atoms. The number of carbonyl (C=O) groups is 1. The normalized spacial score (nSPS) is 26.1. The number of hydrogen-bond donors (Lipinski definition) is 0. The summed E-state index contributed by atoms with van der Waals surface area (Å²) in [7, 11) is 0. The van der Waals surface area contributed by atoms with Gasteiger partial charge in [-0.1, -0.05) is 6.07 Å². The van der Waals surface area contributed by atoms with Crippen molar-refractivity contribution in [3.63, 3.8) is 0 Å². The molecule has 2 atom stereocenters. The lowest BCUT2D eigenvalue weighted by molar-refractivity contribution is -0.286. The number of para-hydroxylation sites is 1. The van der Waals surface area contributed by atoms with Gasteiger partial charge in [0.1, 0.15) is 6.10 Å². The SMILES string of the molecule is O=C(c1cccc2c1OC(F)(F)O2)N1CCN2C[C@H](Oc3cnc(C4CC4)cn3)C[C@H]2C1. The van der Waals surface area contributed by atoms with Gasteiger partial charge < -0.3 is 19.1 Å². The number of rotatable bonds is 4. The lowest BCUT2D eigenvalue weighted by Gasteiger charge is -2.37. The summed E-state index contributed by atoms with van der Waals surface area (Å²) in [6.07, 6.45) is 2.80. The van der Waals surface area contributed by atoms with Crippen LogP contribution in [0.2, 0.25) is 0 Å². The summed E-state index contributed by atoms with van der Waals surface area (Å²) in [5.74, 6) is 0.404. The fraction of sp³-hybridized carbons (Fsp3) is 0.500. The molecule has 32 heavy (non-hydrogen) atoms. The fourth-order valence-electron chi connectivity index (χ4n) is 4.72. The van der Waals surface area contributed by atoms with Crippen LogP contribution in [0.25, 0.3) is 0 Å². The van der Waals surface area contributed by atoms with Crippen molar-refractivity contribution in [2.75, 3.05) is 26.2 Å². The minimum absolute atomic E-state index is 0.0347. The van der Waals surface area contributed by atoms with Gasteiger partial charge in [-0.25, -0.2) is 4.98 Å². The fourth-order valence-corrected chi connectivity index (χ4v) is 4.72. The van der Waals surface area contributed by atoms with Crippen molar-refractivity contribution in [3.8, 4) is 17.4 Å². The van der Waals surface area contributed by atoms with Crippen LogP contribution in [0.1, 0.15) is 41.2 Å². The quantitative estimate of drug-likeness (QED) is 0.718. The van der Waals surface area contributed by atoms with Gasteiger partial charge in [0.2, 0.25) is 5.88 Å². The number of ether oxygens (including phenoxy) is 3. The van der Waals surface area contributed by atoms with E-state index in [9.17, 15) is 13.6 Å². The minimum Gasteiger partial charge on any atom is -0.472 e. The Labute approximate surface area is 183 Å². The summed E-state index contributed by atoms with van der Waals surface area (Å²) >= 11 is 0. The van der Waals surface area contributed by atoms with Crippen molar-refractivity contribution in [2.24, 2.45) is 0 Å². The van der Waals surface area contributed by atoms with Crippen LogP contribution in [-0.2, 0) is 0 Å². The largest absolute Gasteiger partial charge is 0.586 e. The smallest absolute Gasteiger partial charge is 0.472 e. The van der Waals surface area contributed by atoms with Gasteiger partial charge in [0.05, 0.1) is 23.7 Å². The maximum atomic E-state index is 13.5. The third-order valence-corrected chi connectivity index (χ3v) is 6.46. The summed E-state index contributed by atoms with van der Waals surface area (Å²) in [4.78, 5) is 25.9. The third kappa shape index (κ3) is 3.62. The van der Waals surface area contributed by atoms with Crippen molar-refractivity contribution >= 4 is 5.91 Å². The summed E-state index contributed by atoms with van der Waals surface area (Å²) in [6.45, 7) is 2.43. The van der Waals surface area contributed by atoms with Gasteiger partial charge in [-0.05, 0) is 25.0 Å². The molecule has 168 valence electrons. The van der Waals surface area contributed by atoms with Crippen LogP contribution in [0.5, 0.6) is 17.4 Å². The number of amides is 1. The Morgan fingerprint density at radius 3 is 2.78 bits per heavy atom. The molecule has 1 amide bonds. The molecule has 4 aliphatic rings. The average molecular weight is 444 g/mol. The molecule has 2 aromatic rings. The second-order valence-corrected chi connectivity index (χ2v) is 8.73. The average Bonchev–Trinajstić information content (AvgIpc) is 3.46. The van der Waals surface area contributed by atoms with E-state index in [1.165, 1.54) is 31.0 Å². The van der Waals surface area contributed by atoms with Gasteiger partial charge in [0.15, 0.2) is 11.5 Å². The first kappa shape index (κ1) is 19.7. The number of benzene rings is 1. The predicted octanol–water partition coefficient (Wildman–Crippen LogP) is 2.65. The van der Waals surface area contributed by atoms with Crippen molar-refractivity contribution in [1.82, 2.24) is 19.8 Å². The van der Waals surface area contributed by atoms with Crippen LogP contribution in [-0.4, -0.2) is 70.3 Å². The molecule has 0 N–H and O–H groups in total. The Morgan fingerprint density at radius 1 is 1.12 bits per heavy atom. The second-order valence-electron chi connectivity index (χ2n) is 8.73. The van der Waals surface area contributed by atoms with Gasteiger partial charge >= 0.3 is 6.29 Å². The topological polar surface area (TPSA) is 77.0 Å². The molecular weight excluding hydrogens is 422 g/mol. The lowest BCUT2D eigenvalue weighted by atomic mass is 10.1. The standard InChI is InChI=1S/C22H22F2N4O4/c23-22(24)31-18-3-1-2-16(20(18)32-22)21(29)28-7-6-27-12-15(8-14(27)11-28)30-19-10-25-17(9-26-19)13-4-5-13/h1-3,9-10,13-15H,4-8,11-12H2/t14-,15+/m0/s1. The molecule has 1 aromatic carbocycles. The van der Waals surface area contributed by atoms with E-state index in [2.05, 4.69) is 24.3 Å². The van der Waals surface area contributed by atoms with E-state index in [0.29, 0.717) is 31.4 Å². The van der Waals surface area contributed by atoms with E-state index >= 15 is 0 Å². The zero-order chi connectivity index (χ0) is 21.9. The van der Waals surface area contributed by atoms with E-state index in [4.69, 9.17) is 4.74 Å². The van der Waals surface area contributed by atoms with Crippen molar-refractivity contribution in [3.05, 3.63) is 41.9 Å².